The molecule has 2 N–H and O–H groups in total. The van der Waals surface area contributed by atoms with Gasteiger partial charge in [0.2, 0.25) is 5.91 Å². The van der Waals surface area contributed by atoms with E-state index in [1.807, 2.05) is 24.3 Å². The first-order valence-electron chi connectivity index (χ1n) is 7.46. The van der Waals surface area contributed by atoms with Gasteiger partial charge in [0.05, 0.1) is 12.0 Å². The highest BCUT2D eigenvalue weighted by atomic mass is 79.9. The second-order valence-electron chi connectivity index (χ2n) is 5.57. The highest BCUT2D eigenvalue weighted by molar-refractivity contribution is 9.10. The number of thiophene rings is 1. The number of carbonyl (C=O) groups excluding carboxylic acids is 1. The van der Waals surface area contributed by atoms with Crippen molar-refractivity contribution in [2.45, 2.75) is 32.1 Å². The van der Waals surface area contributed by atoms with Crippen LogP contribution in [0.25, 0.3) is 0 Å². The molecule has 120 valence electrons. The van der Waals surface area contributed by atoms with Gasteiger partial charge in [-0.3, -0.25) is 4.79 Å². The van der Waals surface area contributed by atoms with Gasteiger partial charge in [-0.05, 0) is 48.9 Å². The molecule has 1 aliphatic rings. The molecule has 0 spiro atoms. The SMILES string of the molecule is O=C(Cc1ccc(Br)cc1)Nc1sc2c(c1C(=O)O)CCCC2. The van der Waals surface area contributed by atoms with Crippen LogP contribution in [0.2, 0.25) is 0 Å². The molecule has 0 bridgehead atoms. The van der Waals surface area contributed by atoms with E-state index >= 15 is 0 Å². The molecule has 1 aromatic carbocycles. The van der Waals surface area contributed by atoms with E-state index in [1.54, 1.807) is 0 Å². The average molecular weight is 394 g/mol. The number of hydrogen-bond donors (Lipinski definition) is 2. The van der Waals surface area contributed by atoms with Crippen LogP contribution in [0.15, 0.2) is 28.7 Å². The number of benzene rings is 1. The lowest BCUT2D eigenvalue weighted by molar-refractivity contribution is -0.115. The summed E-state index contributed by atoms with van der Waals surface area (Å²) in [5.41, 5.74) is 2.09. The molecule has 1 aromatic heterocycles. The van der Waals surface area contributed by atoms with E-state index in [4.69, 9.17) is 0 Å². The number of carboxylic acid groups (broad SMARTS) is 1. The lowest BCUT2D eigenvalue weighted by atomic mass is 9.95. The molecule has 0 unspecified atom stereocenters. The number of halogens is 1. The average Bonchev–Trinajstić information content (AvgIpc) is 2.87. The van der Waals surface area contributed by atoms with Crippen LogP contribution in [0, 0.1) is 0 Å². The van der Waals surface area contributed by atoms with Gasteiger partial charge in [-0.2, -0.15) is 0 Å². The Morgan fingerprint density at radius 1 is 1.17 bits per heavy atom. The normalized spacial score (nSPS) is 13.4. The summed E-state index contributed by atoms with van der Waals surface area (Å²) < 4.78 is 0.959. The zero-order valence-corrected chi connectivity index (χ0v) is 14.8. The monoisotopic (exact) mass is 393 g/mol. The molecule has 4 nitrogen and oxygen atoms in total. The zero-order valence-electron chi connectivity index (χ0n) is 12.4. The zero-order chi connectivity index (χ0) is 16.4. The molecule has 1 amide bonds. The van der Waals surface area contributed by atoms with E-state index in [1.165, 1.54) is 11.3 Å². The van der Waals surface area contributed by atoms with Crippen LogP contribution >= 0.6 is 27.3 Å². The van der Waals surface area contributed by atoms with Crippen LogP contribution < -0.4 is 5.32 Å². The lowest BCUT2D eigenvalue weighted by Crippen LogP contribution is -2.16. The third kappa shape index (κ3) is 3.64. The summed E-state index contributed by atoms with van der Waals surface area (Å²) >= 11 is 4.77. The number of hydrogen-bond acceptors (Lipinski definition) is 3. The smallest absolute Gasteiger partial charge is 0.339 e. The standard InChI is InChI=1S/C17H16BrNO3S/c18-11-7-5-10(6-8-11)9-14(20)19-16-15(17(21)22)12-3-1-2-4-13(12)23-16/h5-8H,1-4,9H2,(H,19,20)(H,21,22). The summed E-state index contributed by atoms with van der Waals surface area (Å²) in [5.74, 6) is -1.14. The minimum atomic E-state index is -0.955. The fourth-order valence-corrected chi connectivity index (χ4v) is 4.40. The van der Waals surface area contributed by atoms with E-state index in [-0.39, 0.29) is 17.9 Å². The number of nitrogens with one attached hydrogen (secondary N) is 1. The number of rotatable bonds is 4. The minimum absolute atomic E-state index is 0.187. The van der Waals surface area contributed by atoms with Crippen LogP contribution in [0.3, 0.4) is 0 Å². The Morgan fingerprint density at radius 3 is 2.57 bits per heavy atom. The van der Waals surface area contributed by atoms with Crippen LogP contribution in [-0.4, -0.2) is 17.0 Å². The Hall–Kier alpha value is -1.66. The lowest BCUT2D eigenvalue weighted by Gasteiger charge is -2.10. The van der Waals surface area contributed by atoms with Crippen molar-refractivity contribution in [2.75, 3.05) is 5.32 Å². The first kappa shape index (κ1) is 16.2. The predicted octanol–water partition coefficient (Wildman–Crippen LogP) is 4.27. The molecule has 2 aromatic rings. The van der Waals surface area contributed by atoms with Gasteiger partial charge in [-0.25, -0.2) is 4.79 Å². The molecule has 3 rings (SSSR count). The third-order valence-corrected chi connectivity index (χ3v) is 5.65. The van der Waals surface area contributed by atoms with E-state index in [9.17, 15) is 14.7 Å². The van der Waals surface area contributed by atoms with Crippen molar-refractivity contribution in [1.29, 1.82) is 0 Å². The molecule has 0 saturated heterocycles. The molecular formula is C17H16BrNO3S. The van der Waals surface area contributed by atoms with Gasteiger partial charge in [0, 0.05) is 9.35 Å². The summed E-state index contributed by atoms with van der Waals surface area (Å²) in [6.45, 7) is 0. The largest absolute Gasteiger partial charge is 0.478 e. The van der Waals surface area contributed by atoms with Gasteiger partial charge in [0.25, 0.3) is 0 Å². The Bertz CT molecular complexity index is 752. The highest BCUT2D eigenvalue weighted by Gasteiger charge is 2.25. The summed E-state index contributed by atoms with van der Waals surface area (Å²) in [7, 11) is 0. The maximum absolute atomic E-state index is 12.2. The van der Waals surface area contributed by atoms with Crippen molar-refractivity contribution < 1.29 is 14.7 Å². The summed E-state index contributed by atoms with van der Waals surface area (Å²) in [6, 6.07) is 7.52. The molecule has 0 fully saturated rings. The molecule has 6 heteroatoms. The first-order valence-corrected chi connectivity index (χ1v) is 9.07. The van der Waals surface area contributed by atoms with Crippen molar-refractivity contribution >= 4 is 44.1 Å². The van der Waals surface area contributed by atoms with Crippen LogP contribution in [0.5, 0.6) is 0 Å². The van der Waals surface area contributed by atoms with Crippen LogP contribution in [0.1, 0.15) is 39.2 Å². The maximum atomic E-state index is 12.2. The van der Waals surface area contributed by atoms with Crippen LogP contribution in [0.4, 0.5) is 5.00 Å². The fraction of sp³-hybridized carbons (Fsp3) is 0.294. The first-order chi connectivity index (χ1) is 11.0. The van der Waals surface area contributed by atoms with Gasteiger partial charge >= 0.3 is 5.97 Å². The maximum Gasteiger partial charge on any atom is 0.339 e. The van der Waals surface area contributed by atoms with Crippen molar-refractivity contribution in [2.24, 2.45) is 0 Å². The van der Waals surface area contributed by atoms with Gasteiger partial charge < -0.3 is 10.4 Å². The van der Waals surface area contributed by atoms with Crippen molar-refractivity contribution in [3.05, 3.63) is 50.3 Å². The number of aryl methyl sites for hydroxylation is 1. The number of carboxylic acids is 1. The van der Waals surface area contributed by atoms with Crippen molar-refractivity contribution in [3.8, 4) is 0 Å². The van der Waals surface area contributed by atoms with E-state index in [0.29, 0.717) is 5.00 Å². The summed E-state index contributed by atoms with van der Waals surface area (Å²) in [5, 5.41) is 12.8. The van der Waals surface area contributed by atoms with E-state index in [2.05, 4.69) is 21.2 Å². The van der Waals surface area contributed by atoms with Crippen molar-refractivity contribution in [3.63, 3.8) is 0 Å². The van der Waals surface area contributed by atoms with Crippen molar-refractivity contribution in [1.82, 2.24) is 0 Å². The quantitative estimate of drug-likeness (QED) is 0.814. The number of amides is 1. The highest BCUT2D eigenvalue weighted by Crippen LogP contribution is 2.38. The second kappa shape index (κ2) is 6.84. The summed E-state index contributed by atoms with van der Waals surface area (Å²) in [4.78, 5) is 24.9. The molecule has 1 heterocycles. The molecule has 0 radical (unpaired) electrons. The molecule has 0 aliphatic heterocycles. The molecule has 0 atom stereocenters. The Balaban J connectivity index is 1.79. The number of aromatic carboxylic acids is 1. The minimum Gasteiger partial charge on any atom is -0.478 e. The van der Waals surface area contributed by atoms with Gasteiger partial charge in [0.15, 0.2) is 0 Å². The fourth-order valence-electron chi connectivity index (χ4n) is 2.84. The number of anilines is 1. The topological polar surface area (TPSA) is 66.4 Å². The van der Waals surface area contributed by atoms with Gasteiger partial charge in [0.1, 0.15) is 5.00 Å². The Labute approximate surface area is 146 Å². The molecule has 23 heavy (non-hydrogen) atoms. The Kier molecular flexibility index (Phi) is 4.82. The van der Waals surface area contributed by atoms with Gasteiger partial charge in [-0.15, -0.1) is 11.3 Å². The Morgan fingerprint density at radius 2 is 1.87 bits per heavy atom. The van der Waals surface area contributed by atoms with Gasteiger partial charge in [-0.1, -0.05) is 28.1 Å². The number of fused-ring (bicyclic) bond motifs is 1. The molecule has 0 saturated carbocycles. The molecule has 1 aliphatic carbocycles. The van der Waals surface area contributed by atoms with E-state index in [0.717, 1.165) is 46.2 Å². The predicted molar refractivity (Wildman–Crippen MR) is 94.4 cm³/mol. The third-order valence-electron chi connectivity index (χ3n) is 3.92. The van der Waals surface area contributed by atoms with E-state index < -0.39 is 5.97 Å². The second-order valence-corrected chi connectivity index (χ2v) is 7.59. The molecular weight excluding hydrogens is 378 g/mol. The summed E-state index contributed by atoms with van der Waals surface area (Å²) in [6.07, 6.45) is 4.02. The number of carbonyl (C=O) groups is 2. The van der Waals surface area contributed by atoms with Crippen LogP contribution in [-0.2, 0) is 24.1 Å².